The lowest BCUT2D eigenvalue weighted by molar-refractivity contribution is -0.146. The molecule has 0 aromatic rings. The van der Waals surface area contributed by atoms with Gasteiger partial charge >= 0.3 is 0 Å². The van der Waals surface area contributed by atoms with Crippen LogP contribution in [0.3, 0.4) is 0 Å². The first-order valence-corrected chi connectivity index (χ1v) is 13.8. The average Bonchev–Trinajstić information content (AvgIpc) is 3.62. The van der Waals surface area contributed by atoms with Gasteiger partial charge in [0, 0.05) is 11.8 Å². The Hall–Kier alpha value is -0.670. The van der Waals surface area contributed by atoms with Crippen molar-refractivity contribution in [3.05, 3.63) is 11.6 Å². The second-order valence-corrected chi connectivity index (χ2v) is 14.7. The van der Waals surface area contributed by atoms with Crippen molar-refractivity contribution in [2.24, 2.45) is 45.3 Å². The molecular weight excluding hydrogens is 408 g/mol. The summed E-state index contributed by atoms with van der Waals surface area (Å²) in [6, 6.07) is 0. The van der Waals surface area contributed by atoms with Gasteiger partial charge in [-0.25, -0.2) is 0 Å². The van der Waals surface area contributed by atoms with E-state index in [-0.39, 0.29) is 21.8 Å². The predicted molar refractivity (Wildman–Crippen MR) is 131 cm³/mol. The van der Waals surface area contributed by atoms with Crippen LogP contribution < -0.4 is 0 Å². The lowest BCUT2D eigenvalue weighted by atomic mass is 9.41. The van der Waals surface area contributed by atoms with Gasteiger partial charge in [-0.1, -0.05) is 53.2 Å². The summed E-state index contributed by atoms with van der Waals surface area (Å²) < 4.78 is 12.2. The number of fused-ring (bicyclic) bond motifs is 5. The number of hydrogen-bond acceptors (Lipinski definition) is 3. The van der Waals surface area contributed by atoms with E-state index >= 15 is 0 Å². The molecule has 0 amide bonds. The third-order valence-electron chi connectivity index (χ3n) is 12.7. The number of carbonyl (C=O) groups excluding carboxylic acids is 1. The Balaban J connectivity index is 1.28. The maximum absolute atomic E-state index is 12.8. The zero-order valence-electron chi connectivity index (χ0n) is 22.3. The largest absolute Gasteiger partial charge is 0.366 e. The first-order chi connectivity index (χ1) is 15.3. The standard InChI is InChI=1S/C30H46O3/c1-17(23-24(32-23)25-27(4,5)33-25)18-11-15-30(8)20-9-10-21-26(2,3)22(31)13-14-28(21,6)19(20)12-16-29(18,30)7/h9,17-19,21,23-25H,10-16H2,1-8H3/t17-,18+,19+,21-,23-,24+,25-,28-,29+,30-/m1/s1. The molecular formula is C30H46O3. The zero-order chi connectivity index (χ0) is 23.8. The van der Waals surface area contributed by atoms with E-state index in [1.54, 1.807) is 5.57 Å². The molecule has 3 saturated carbocycles. The Morgan fingerprint density at radius 2 is 1.70 bits per heavy atom. The third-order valence-corrected chi connectivity index (χ3v) is 12.7. The normalized spacial score (nSPS) is 54.5. The van der Waals surface area contributed by atoms with Gasteiger partial charge in [0.15, 0.2) is 0 Å². The Morgan fingerprint density at radius 3 is 2.36 bits per heavy atom. The summed E-state index contributed by atoms with van der Waals surface area (Å²) in [7, 11) is 0. The van der Waals surface area contributed by atoms with Crippen molar-refractivity contribution >= 4 is 5.78 Å². The van der Waals surface area contributed by atoms with Gasteiger partial charge in [-0.15, -0.1) is 0 Å². The van der Waals surface area contributed by atoms with E-state index in [0.717, 1.165) is 25.2 Å². The van der Waals surface area contributed by atoms with Crippen LogP contribution in [-0.4, -0.2) is 29.7 Å². The number of epoxide rings is 2. The molecule has 2 heterocycles. The highest BCUT2D eigenvalue weighted by Gasteiger charge is 2.69. The summed E-state index contributed by atoms with van der Waals surface area (Å²) in [5, 5.41) is 0. The SMILES string of the molecule is C[C@@H]([C@H]1O[C@@H]1[C@H]1OC1(C)C)[C@@H]1CC[C@]2(C)C3=CC[C@@H]4C(C)(C)C(=O)CC[C@]4(C)[C@H]3CC[C@@]12C. The van der Waals surface area contributed by atoms with Crippen LogP contribution in [0, 0.1) is 45.3 Å². The molecule has 0 bridgehead atoms. The van der Waals surface area contributed by atoms with Gasteiger partial charge in [0.05, 0.1) is 11.7 Å². The van der Waals surface area contributed by atoms with Crippen molar-refractivity contribution in [1.82, 2.24) is 0 Å². The summed E-state index contributed by atoms with van der Waals surface area (Å²) in [4.78, 5) is 12.8. The number of rotatable bonds is 3. The van der Waals surface area contributed by atoms with Crippen LogP contribution in [0.2, 0.25) is 0 Å². The van der Waals surface area contributed by atoms with E-state index in [1.807, 2.05) is 0 Å². The molecule has 0 radical (unpaired) electrons. The van der Waals surface area contributed by atoms with E-state index in [4.69, 9.17) is 9.47 Å². The average molecular weight is 455 g/mol. The smallest absolute Gasteiger partial charge is 0.138 e. The van der Waals surface area contributed by atoms with Crippen LogP contribution in [0.25, 0.3) is 0 Å². The molecule has 0 unspecified atom stereocenters. The van der Waals surface area contributed by atoms with Crippen LogP contribution in [0.5, 0.6) is 0 Å². The number of ketones is 1. The maximum atomic E-state index is 12.8. The maximum Gasteiger partial charge on any atom is 0.138 e. The molecule has 0 spiro atoms. The molecule has 184 valence electrons. The second kappa shape index (κ2) is 6.55. The molecule has 3 nitrogen and oxygen atoms in total. The van der Waals surface area contributed by atoms with Gasteiger partial charge in [-0.05, 0) is 92.3 Å². The molecule has 5 fully saturated rings. The third kappa shape index (κ3) is 2.79. The van der Waals surface area contributed by atoms with Crippen molar-refractivity contribution in [2.75, 3.05) is 0 Å². The van der Waals surface area contributed by atoms with Crippen molar-refractivity contribution in [1.29, 1.82) is 0 Å². The Kier molecular flexibility index (Phi) is 4.52. The molecule has 33 heavy (non-hydrogen) atoms. The van der Waals surface area contributed by atoms with Gasteiger partial charge in [-0.3, -0.25) is 4.79 Å². The molecule has 10 atom stereocenters. The molecule has 0 aromatic heterocycles. The number of hydrogen-bond donors (Lipinski definition) is 0. The number of allylic oxidation sites excluding steroid dienone is 2. The lowest BCUT2D eigenvalue weighted by Gasteiger charge is -2.63. The van der Waals surface area contributed by atoms with Gasteiger partial charge in [0.2, 0.25) is 0 Å². The van der Waals surface area contributed by atoms with Crippen LogP contribution in [0.15, 0.2) is 11.6 Å². The molecule has 0 N–H and O–H groups in total. The first kappa shape index (κ1) is 22.8. The van der Waals surface area contributed by atoms with Gasteiger partial charge in [0.1, 0.15) is 18.0 Å². The summed E-state index contributed by atoms with van der Waals surface area (Å²) in [5.74, 6) is 2.95. The fourth-order valence-electron chi connectivity index (χ4n) is 10.2. The lowest BCUT2D eigenvalue weighted by Crippen LogP contribution is -2.57. The Morgan fingerprint density at radius 1 is 1.00 bits per heavy atom. The Labute approximate surface area is 201 Å². The fraction of sp³-hybridized carbons (Fsp3) is 0.900. The fourth-order valence-corrected chi connectivity index (χ4v) is 10.2. The van der Waals surface area contributed by atoms with Crippen molar-refractivity contribution in [3.8, 4) is 0 Å². The number of Topliss-reactive ketones (excluding diaryl/α,β-unsaturated/α-hetero) is 1. The van der Waals surface area contributed by atoms with Crippen LogP contribution in [-0.2, 0) is 14.3 Å². The van der Waals surface area contributed by atoms with Crippen molar-refractivity contribution in [3.63, 3.8) is 0 Å². The summed E-state index contributed by atoms with van der Waals surface area (Å²) in [5.41, 5.74) is 2.51. The monoisotopic (exact) mass is 454 g/mol. The van der Waals surface area contributed by atoms with E-state index in [9.17, 15) is 4.79 Å². The highest BCUT2D eigenvalue weighted by molar-refractivity contribution is 5.85. The number of carbonyl (C=O) groups is 1. The van der Waals surface area contributed by atoms with Gasteiger partial charge in [-0.2, -0.15) is 0 Å². The quantitative estimate of drug-likeness (QED) is 0.350. The molecule has 2 saturated heterocycles. The molecule has 0 aromatic carbocycles. The predicted octanol–water partition coefficient (Wildman–Crippen LogP) is 6.74. The van der Waals surface area contributed by atoms with E-state index in [2.05, 4.69) is 61.5 Å². The second-order valence-electron chi connectivity index (χ2n) is 14.7. The van der Waals surface area contributed by atoms with Crippen molar-refractivity contribution in [2.45, 2.75) is 124 Å². The number of ether oxygens (including phenoxy) is 2. The summed E-state index contributed by atoms with van der Waals surface area (Å²) in [6.07, 6.45) is 11.8. The van der Waals surface area contributed by atoms with Crippen LogP contribution in [0.4, 0.5) is 0 Å². The minimum absolute atomic E-state index is 0.0132. The van der Waals surface area contributed by atoms with E-state index < -0.39 is 0 Å². The molecule has 6 rings (SSSR count). The summed E-state index contributed by atoms with van der Waals surface area (Å²) >= 11 is 0. The van der Waals surface area contributed by atoms with Crippen LogP contribution in [0.1, 0.15) is 100 Å². The molecule has 6 aliphatic rings. The van der Waals surface area contributed by atoms with Gasteiger partial charge in [0.25, 0.3) is 0 Å². The zero-order valence-corrected chi connectivity index (χ0v) is 22.3. The Bertz CT molecular complexity index is 916. The minimum atomic E-state index is -0.180. The van der Waals surface area contributed by atoms with E-state index in [1.165, 1.54) is 25.7 Å². The van der Waals surface area contributed by atoms with E-state index in [0.29, 0.717) is 47.3 Å². The highest BCUT2D eigenvalue weighted by atomic mass is 16.7. The molecule has 2 aliphatic heterocycles. The minimum Gasteiger partial charge on any atom is -0.366 e. The van der Waals surface area contributed by atoms with Crippen LogP contribution >= 0.6 is 0 Å². The molecule has 3 heteroatoms. The highest BCUT2D eigenvalue weighted by Crippen LogP contribution is 2.73. The summed E-state index contributed by atoms with van der Waals surface area (Å²) in [6.45, 7) is 19.1. The first-order valence-electron chi connectivity index (χ1n) is 13.8. The molecule has 4 aliphatic carbocycles. The topological polar surface area (TPSA) is 42.1 Å². The van der Waals surface area contributed by atoms with Gasteiger partial charge < -0.3 is 9.47 Å². The van der Waals surface area contributed by atoms with Crippen molar-refractivity contribution < 1.29 is 14.3 Å².